The summed E-state index contributed by atoms with van der Waals surface area (Å²) in [5.41, 5.74) is 0. The Kier molecular flexibility index (Phi) is 0.441. The normalized spacial score (nSPS) is 39.8. The molecule has 0 aromatic heterocycles. The van der Waals surface area contributed by atoms with Gasteiger partial charge in [-0.1, -0.05) is 4.09 Å². The second-order valence-electron chi connectivity index (χ2n) is 0.576. The Morgan fingerprint density at radius 1 is 2.00 bits per heavy atom. The average Bonchev–Trinajstić information content (AvgIpc) is 1.75. The zero-order valence-corrected chi connectivity index (χ0v) is 3.53. The molecule has 1 atom stereocenters. The molecule has 1 aliphatic rings. The topological polar surface area (TPSA) is 15.5 Å². The molecule has 2 nitrogen and oxygen atoms in total. The van der Waals surface area contributed by atoms with E-state index >= 15 is 0 Å². The van der Waals surface area contributed by atoms with E-state index in [0.29, 0.717) is 0 Å². The summed E-state index contributed by atoms with van der Waals surface area (Å²) in [7, 11) is 0. The summed E-state index contributed by atoms with van der Waals surface area (Å²) in [5, 5.41) is 0. The monoisotopic (exact) mass is 123 g/mol. The van der Waals surface area contributed by atoms with Crippen molar-refractivity contribution >= 4 is 16.1 Å². The van der Waals surface area contributed by atoms with Crippen molar-refractivity contribution in [3.05, 3.63) is 0 Å². The Hall–Kier alpha value is 0.400. The number of halogens is 1. The lowest BCUT2D eigenvalue weighted by Crippen LogP contribution is -1.56. The molecular weight excluding hydrogens is 122 g/mol. The maximum atomic E-state index is 4.46. The van der Waals surface area contributed by atoms with Gasteiger partial charge in [0.25, 0.3) is 0 Å². The van der Waals surface area contributed by atoms with Crippen LogP contribution in [0, 0.1) is 0 Å². The van der Waals surface area contributed by atoms with Gasteiger partial charge in [-0.05, 0) is 0 Å². The highest BCUT2D eigenvalue weighted by atomic mass is 79.9. The van der Waals surface area contributed by atoms with Crippen LogP contribution in [0.1, 0.15) is 0 Å². The Morgan fingerprint density at radius 2 is 2.25 bits per heavy atom. The van der Waals surface area contributed by atoms with Crippen molar-refractivity contribution in [3.63, 3.8) is 0 Å². The molecular formula is CH2BrNO. The second kappa shape index (κ2) is 0.672. The standard InChI is InChI=1S/CH2BrNO/c2-3-1-4-3/h1H2. The molecule has 0 radical (unpaired) electrons. The van der Waals surface area contributed by atoms with E-state index in [2.05, 4.69) is 21.0 Å². The highest BCUT2D eigenvalue weighted by molar-refractivity contribution is 9.07. The fourth-order valence-corrected chi connectivity index (χ4v) is 0.113. The first-order chi connectivity index (χ1) is 1.89. The average molecular weight is 124 g/mol. The third-order valence-electron chi connectivity index (χ3n) is 0.227. The highest BCUT2D eigenvalue weighted by Crippen LogP contribution is 2.10. The molecule has 0 amide bonds. The van der Waals surface area contributed by atoms with E-state index in [1.54, 1.807) is 4.09 Å². The van der Waals surface area contributed by atoms with Gasteiger partial charge in [0.05, 0.1) is 0 Å². The predicted molar refractivity (Wildman–Crippen MR) is 16.7 cm³/mol. The number of hydrogen-bond acceptors (Lipinski definition) is 2. The molecule has 1 fully saturated rings. The van der Waals surface area contributed by atoms with Crippen LogP contribution < -0.4 is 0 Å². The van der Waals surface area contributed by atoms with E-state index in [-0.39, 0.29) is 0 Å². The summed E-state index contributed by atoms with van der Waals surface area (Å²) < 4.78 is 1.56. The summed E-state index contributed by atoms with van der Waals surface area (Å²) in [6.07, 6.45) is 0. The van der Waals surface area contributed by atoms with Crippen molar-refractivity contribution in [1.82, 2.24) is 4.09 Å². The van der Waals surface area contributed by atoms with Crippen molar-refractivity contribution in [2.24, 2.45) is 0 Å². The molecule has 0 N–H and O–H groups in total. The van der Waals surface area contributed by atoms with Crippen LogP contribution in [0.5, 0.6) is 0 Å². The molecule has 0 saturated carbocycles. The lowest BCUT2D eigenvalue weighted by atomic mass is 11.5. The van der Waals surface area contributed by atoms with Crippen molar-refractivity contribution in [1.29, 1.82) is 0 Å². The molecule has 0 aromatic carbocycles. The van der Waals surface area contributed by atoms with Gasteiger partial charge in [0.2, 0.25) is 0 Å². The first-order valence-corrected chi connectivity index (χ1v) is 1.67. The van der Waals surface area contributed by atoms with Crippen molar-refractivity contribution in [3.8, 4) is 0 Å². The molecule has 4 heavy (non-hydrogen) atoms. The van der Waals surface area contributed by atoms with Gasteiger partial charge in [0, 0.05) is 16.1 Å². The van der Waals surface area contributed by atoms with Gasteiger partial charge < -0.3 is 0 Å². The van der Waals surface area contributed by atoms with Crippen LogP contribution in [0.2, 0.25) is 0 Å². The predicted octanol–water partition coefficient (Wildman–Crippen LogP) is 0.501. The van der Waals surface area contributed by atoms with Gasteiger partial charge in [-0.2, -0.15) is 0 Å². The summed E-state index contributed by atoms with van der Waals surface area (Å²) in [6.45, 7) is 0.736. The molecule has 3 heteroatoms. The lowest BCUT2D eigenvalue weighted by molar-refractivity contribution is 0.323. The first kappa shape index (κ1) is 2.63. The minimum absolute atomic E-state index is 0.736. The molecule has 0 spiro atoms. The number of hydroxylamine groups is 1. The van der Waals surface area contributed by atoms with E-state index in [0.717, 1.165) is 6.73 Å². The van der Waals surface area contributed by atoms with E-state index in [1.165, 1.54) is 0 Å². The van der Waals surface area contributed by atoms with Crippen LogP contribution in [-0.4, -0.2) is 10.8 Å². The van der Waals surface area contributed by atoms with E-state index in [1.807, 2.05) is 0 Å². The van der Waals surface area contributed by atoms with E-state index in [4.69, 9.17) is 0 Å². The van der Waals surface area contributed by atoms with Crippen LogP contribution in [-0.2, 0) is 4.84 Å². The van der Waals surface area contributed by atoms with Crippen LogP contribution in [0.25, 0.3) is 0 Å². The van der Waals surface area contributed by atoms with Crippen molar-refractivity contribution < 1.29 is 4.84 Å². The van der Waals surface area contributed by atoms with Gasteiger partial charge in [-0.25, -0.2) is 0 Å². The van der Waals surface area contributed by atoms with Crippen LogP contribution in [0.4, 0.5) is 0 Å². The third kappa shape index (κ3) is 0.407. The molecule has 1 rings (SSSR count). The molecule has 0 aromatic rings. The first-order valence-electron chi connectivity index (χ1n) is 0.957. The number of rotatable bonds is 0. The summed E-state index contributed by atoms with van der Waals surface area (Å²) in [6, 6.07) is 0. The molecule has 24 valence electrons. The zero-order valence-electron chi connectivity index (χ0n) is 1.94. The van der Waals surface area contributed by atoms with Crippen LogP contribution in [0.15, 0.2) is 0 Å². The largest absolute Gasteiger partial charge is 0.267 e. The molecule has 1 heterocycles. The molecule has 0 bridgehead atoms. The number of nitrogens with zero attached hydrogens (tertiary/aromatic N) is 1. The van der Waals surface area contributed by atoms with E-state index < -0.39 is 0 Å². The van der Waals surface area contributed by atoms with Gasteiger partial charge in [0.1, 0.15) is 0 Å². The quantitative estimate of drug-likeness (QED) is 0.345. The smallest absolute Gasteiger partial charge is 0.157 e. The summed E-state index contributed by atoms with van der Waals surface area (Å²) in [4.78, 5) is 4.46. The minimum Gasteiger partial charge on any atom is -0.267 e. The van der Waals surface area contributed by atoms with E-state index in [9.17, 15) is 0 Å². The lowest BCUT2D eigenvalue weighted by Gasteiger charge is -1.55. The Morgan fingerprint density at radius 3 is 2.25 bits per heavy atom. The Bertz CT molecular complexity index is 27.2. The Balaban J connectivity index is 2.17. The maximum absolute atomic E-state index is 4.46. The molecule has 1 saturated heterocycles. The fourth-order valence-electron chi connectivity index (χ4n) is 0.0218. The van der Waals surface area contributed by atoms with Gasteiger partial charge >= 0.3 is 0 Å². The second-order valence-corrected chi connectivity index (χ2v) is 1.37. The van der Waals surface area contributed by atoms with Crippen molar-refractivity contribution in [2.75, 3.05) is 6.73 Å². The van der Waals surface area contributed by atoms with Crippen LogP contribution >= 0.6 is 16.1 Å². The van der Waals surface area contributed by atoms with Gasteiger partial charge in [0.15, 0.2) is 6.73 Å². The van der Waals surface area contributed by atoms with Gasteiger partial charge in [-0.3, -0.25) is 4.84 Å². The fraction of sp³-hybridized carbons (Fsp3) is 1.00. The van der Waals surface area contributed by atoms with Crippen LogP contribution in [0.3, 0.4) is 0 Å². The Labute approximate surface area is 32.6 Å². The molecule has 1 unspecified atom stereocenters. The summed E-state index contributed by atoms with van der Waals surface area (Å²) in [5.74, 6) is 0. The van der Waals surface area contributed by atoms with Gasteiger partial charge in [-0.15, -0.1) is 0 Å². The minimum atomic E-state index is 0.736. The SMILES string of the molecule is BrN1CO1. The number of hydrogen-bond donors (Lipinski definition) is 0. The highest BCUT2D eigenvalue weighted by Gasteiger charge is 2.12. The van der Waals surface area contributed by atoms with Crippen molar-refractivity contribution in [2.45, 2.75) is 0 Å². The maximum Gasteiger partial charge on any atom is 0.157 e. The third-order valence-corrected chi connectivity index (χ3v) is 0.636. The zero-order chi connectivity index (χ0) is 2.99. The summed E-state index contributed by atoms with van der Waals surface area (Å²) >= 11 is 2.99. The molecule has 0 aliphatic carbocycles. The molecule has 1 aliphatic heterocycles.